The quantitative estimate of drug-likeness (QED) is 0.819. The highest BCUT2D eigenvalue weighted by molar-refractivity contribution is 6.39. The first-order valence-corrected chi connectivity index (χ1v) is 8.22. The van der Waals surface area contributed by atoms with Crippen LogP contribution < -0.4 is 20.1 Å². The maximum absolute atomic E-state index is 11.9. The van der Waals surface area contributed by atoms with E-state index >= 15 is 0 Å². The number of carbonyl (C=O) groups excluding carboxylic acids is 2. The van der Waals surface area contributed by atoms with Crippen LogP contribution in [0.3, 0.4) is 0 Å². The molecule has 1 aliphatic rings. The van der Waals surface area contributed by atoms with Crippen LogP contribution in [0.4, 0.5) is 5.69 Å². The lowest BCUT2D eigenvalue weighted by molar-refractivity contribution is -0.136. The van der Waals surface area contributed by atoms with Gasteiger partial charge in [-0.2, -0.15) is 0 Å². The number of hydrogen-bond acceptors (Lipinski definition) is 4. The molecule has 0 aliphatic carbocycles. The van der Waals surface area contributed by atoms with Gasteiger partial charge >= 0.3 is 11.8 Å². The van der Waals surface area contributed by atoms with Crippen molar-refractivity contribution in [1.29, 1.82) is 0 Å². The molecule has 130 valence electrons. The van der Waals surface area contributed by atoms with Gasteiger partial charge in [0.25, 0.3) is 0 Å². The van der Waals surface area contributed by atoms with Crippen LogP contribution in [0.1, 0.15) is 18.1 Å². The molecule has 1 heterocycles. The number of anilines is 1. The Morgan fingerprint density at radius 2 is 1.68 bits per heavy atom. The largest absolute Gasteiger partial charge is 0.454 e. The number of benzene rings is 2. The van der Waals surface area contributed by atoms with E-state index in [9.17, 15) is 9.59 Å². The van der Waals surface area contributed by atoms with Crippen LogP contribution in [0.15, 0.2) is 42.5 Å². The van der Waals surface area contributed by atoms with E-state index in [0.717, 1.165) is 17.7 Å². The molecule has 2 N–H and O–H groups in total. The minimum atomic E-state index is -0.671. The minimum Gasteiger partial charge on any atom is -0.454 e. The third-order valence-electron chi connectivity index (χ3n) is 3.96. The molecule has 1 aliphatic heterocycles. The van der Waals surface area contributed by atoms with Gasteiger partial charge in [0.15, 0.2) is 11.5 Å². The van der Waals surface area contributed by atoms with E-state index in [2.05, 4.69) is 17.6 Å². The van der Waals surface area contributed by atoms with E-state index in [-0.39, 0.29) is 6.79 Å². The summed E-state index contributed by atoms with van der Waals surface area (Å²) >= 11 is 0. The minimum absolute atomic E-state index is 0.231. The van der Waals surface area contributed by atoms with Gasteiger partial charge in [-0.25, -0.2) is 0 Å². The highest BCUT2D eigenvalue weighted by Crippen LogP contribution is 2.32. The van der Waals surface area contributed by atoms with Gasteiger partial charge < -0.3 is 20.1 Å². The highest BCUT2D eigenvalue weighted by Gasteiger charge is 2.15. The van der Waals surface area contributed by atoms with E-state index in [1.165, 1.54) is 5.56 Å². The van der Waals surface area contributed by atoms with Gasteiger partial charge in [-0.05, 0) is 48.2 Å². The van der Waals surface area contributed by atoms with E-state index in [0.29, 0.717) is 24.4 Å². The third-order valence-corrected chi connectivity index (χ3v) is 3.96. The number of rotatable bonds is 5. The van der Waals surface area contributed by atoms with Crippen molar-refractivity contribution in [2.75, 3.05) is 18.7 Å². The van der Waals surface area contributed by atoms with Crippen molar-refractivity contribution in [3.8, 4) is 11.5 Å². The molecule has 0 fully saturated rings. The summed E-state index contributed by atoms with van der Waals surface area (Å²) in [5.74, 6) is 0.105. The summed E-state index contributed by atoms with van der Waals surface area (Å²) in [4.78, 5) is 23.8. The van der Waals surface area contributed by atoms with Crippen molar-refractivity contribution < 1.29 is 19.1 Å². The highest BCUT2D eigenvalue weighted by atomic mass is 16.7. The number of carbonyl (C=O) groups is 2. The van der Waals surface area contributed by atoms with Crippen LogP contribution in [-0.4, -0.2) is 25.2 Å². The molecule has 2 aromatic rings. The molecular formula is C19H20N2O4. The fraction of sp³-hybridized carbons (Fsp3) is 0.263. The zero-order valence-corrected chi connectivity index (χ0v) is 14.0. The van der Waals surface area contributed by atoms with Crippen molar-refractivity contribution >= 4 is 17.5 Å². The number of amides is 2. The maximum atomic E-state index is 11.9. The second-order valence-electron chi connectivity index (χ2n) is 5.70. The van der Waals surface area contributed by atoms with Gasteiger partial charge in [0.1, 0.15) is 0 Å². The lowest BCUT2D eigenvalue weighted by atomic mass is 10.1. The zero-order valence-electron chi connectivity index (χ0n) is 14.0. The summed E-state index contributed by atoms with van der Waals surface area (Å²) in [6, 6.07) is 13.1. The topological polar surface area (TPSA) is 76.7 Å². The summed E-state index contributed by atoms with van der Waals surface area (Å²) < 4.78 is 10.6. The van der Waals surface area contributed by atoms with Crippen molar-refractivity contribution in [2.45, 2.75) is 19.8 Å². The van der Waals surface area contributed by atoms with Gasteiger partial charge in [0, 0.05) is 12.2 Å². The summed E-state index contributed by atoms with van der Waals surface area (Å²) in [6.07, 6.45) is 1.52. The van der Waals surface area contributed by atoms with Gasteiger partial charge in [0.2, 0.25) is 6.79 Å². The Hall–Kier alpha value is -3.02. The Balaban J connectivity index is 1.46. The normalized spacial score (nSPS) is 11.9. The standard InChI is InChI=1S/C19H20N2O4/c1-2-13-3-6-15(7-4-13)21-19(23)18(22)20-10-9-14-5-8-16-17(11-14)25-12-24-16/h3-8,11H,2,9-10,12H2,1H3,(H,20,22)(H,21,23). The number of fused-ring (bicyclic) bond motifs is 1. The Bertz CT molecular complexity index is 771. The van der Waals surface area contributed by atoms with E-state index < -0.39 is 11.8 Å². The lowest BCUT2D eigenvalue weighted by Gasteiger charge is -2.07. The number of hydrogen-bond donors (Lipinski definition) is 2. The summed E-state index contributed by atoms with van der Waals surface area (Å²) in [6.45, 7) is 2.65. The molecule has 0 spiro atoms. The molecular weight excluding hydrogens is 320 g/mol. The molecule has 2 aromatic carbocycles. The zero-order chi connectivity index (χ0) is 17.6. The molecule has 6 nitrogen and oxygen atoms in total. The smallest absolute Gasteiger partial charge is 0.313 e. The average Bonchev–Trinajstić information content (AvgIpc) is 3.10. The molecule has 0 saturated heterocycles. The second kappa shape index (κ2) is 7.70. The first-order chi connectivity index (χ1) is 12.2. The van der Waals surface area contributed by atoms with Crippen molar-refractivity contribution in [3.05, 3.63) is 53.6 Å². The second-order valence-corrected chi connectivity index (χ2v) is 5.70. The van der Waals surface area contributed by atoms with Crippen molar-refractivity contribution in [1.82, 2.24) is 5.32 Å². The molecule has 0 aromatic heterocycles. The van der Waals surface area contributed by atoms with E-state index in [4.69, 9.17) is 9.47 Å². The van der Waals surface area contributed by atoms with Crippen LogP contribution in [0, 0.1) is 0 Å². The van der Waals surface area contributed by atoms with Crippen molar-refractivity contribution in [3.63, 3.8) is 0 Å². The number of nitrogens with one attached hydrogen (secondary N) is 2. The molecule has 0 unspecified atom stereocenters. The van der Waals surface area contributed by atoms with Crippen LogP contribution in [0.2, 0.25) is 0 Å². The van der Waals surface area contributed by atoms with Gasteiger partial charge in [-0.15, -0.1) is 0 Å². The average molecular weight is 340 g/mol. The fourth-order valence-corrected chi connectivity index (χ4v) is 2.51. The molecule has 0 atom stereocenters. The third kappa shape index (κ3) is 4.29. The van der Waals surface area contributed by atoms with E-state index in [1.807, 2.05) is 30.3 Å². The summed E-state index contributed by atoms with van der Waals surface area (Å²) in [5.41, 5.74) is 2.78. The predicted molar refractivity (Wildman–Crippen MR) is 93.7 cm³/mol. The molecule has 6 heteroatoms. The summed E-state index contributed by atoms with van der Waals surface area (Å²) in [7, 11) is 0. The molecule has 2 amide bonds. The molecule has 0 bridgehead atoms. The molecule has 0 radical (unpaired) electrons. The molecule has 0 saturated carbocycles. The lowest BCUT2D eigenvalue weighted by Crippen LogP contribution is -2.36. The number of ether oxygens (including phenoxy) is 2. The van der Waals surface area contributed by atoms with Gasteiger partial charge in [0.05, 0.1) is 0 Å². The summed E-state index contributed by atoms with van der Waals surface area (Å²) in [5, 5.41) is 5.21. The number of aryl methyl sites for hydroxylation is 1. The van der Waals surface area contributed by atoms with Crippen LogP contribution in [0.25, 0.3) is 0 Å². The first-order valence-electron chi connectivity index (χ1n) is 8.22. The maximum Gasteiger partial charge on any atom is 0.313 e. The van der Waals surface area contributed by atoms with Crippen molar-refractivity contribution in [2.24, 2.45) is 0 Å². The Morgan fingerprint density at radius 1 is 0.960 bits per heavy atom. The Kier molecular flexibility index (Phi) is 5.18. The first kappa shape index (κ1) is 16.8. The molecule has 3 rings (SSSR count). The SMILES string of the molecule is CCc1ccc(NC(=O)C(=O)NCCc2ccc3c(c2)OCO3)cc1. The fourth-order valence-electron chi connectivity index (χ4n) is 2.51. The monoisotopic (exact) mass is 340 g/mol. The Labute approximate surface area is 146 Å². The predicted octanol–water partition coefficient (Wildman–Crippen LogP) is 2.28. The van der Waals surface area contributed by atoms with Gasteiger partial charge in [-0.3, -0.25) is 9.59 Å². The van der Waals surface area contributed by atoms with Crippen LogP contribution in [-0.2, 0) is 22.4 Å². The van der Waals surface area contributed by atoms with E-state index in [1.54, 1.807) is 12.1 Å². The van der Waals surface area contributed by atoms with Crippen LogP contribution >= 0.6 is 0 Å². The Morgan fingerprint density at radius 3 is 2.44 bits per heavy atom. The molecule has 25 heavy (non-hydrogen) atoms. The van der Waals surface area contributed by atoms with Crippen LogP contribution in [0.5, 0.6) is 11.5 Å². The van der Waals surface area contributed by atoms with Gasteiger partial charge in [-0.1, -0.05) is 25.1 Å².